The van der Waals surface area contributed by atoms with Crippen molar-refractivity contribution in [2.24, 2.45) is 0 Å². The second-order valence-electron chi connectivity index (χ2n) is 4.64. The summed E-state index contributed by atoms with van der Waals surface area (Å²) < 4.78 is 31.7. The molecule has 0 aliphatic carbocycles. The normalized spacial score (nSPS) is 11.4. The first-order chi connectivity index (χ1) is 9.92. The largest absolute Gasteiger partial charge is 0.465 e. The smallest absolute Gasteiger partial charge is 0.339 e. The van der Waals surface area contributed by atoms with E-state index in [-0.39, 0.29) is 17.0 Å². The summed E-state index contributed by atoms with van der Waals surface area (Å²) in [4.78, 5) is 11.7. The summed E-state index contributed by atoms with van der Waals surface area (Å²) >= 11 is 0. The van der Waals surface area contributed by atoms with E-state index in [1.54, 1.807) is 13.0 Å². The summed E-state index contributed by atoms with van der Waals surface area (Å²) in [5, 5.41) is 3.10. The minimum absolute atomic E-state index is 0.0477. The topological polar surface area (TPSA) is 84.5 Å². The van der Waals surface area contributed by atoms with Crippen LogP contribution in [0.3, 0.4) is 0 Å². The molecule has 0 bridgehead atoms. The molecule has 0 aliphatic rings. The molecule has 0 spiro atoms. The van der Waals surface area contributed by atoms with Gasteiger partial charge in [0, 0.05) is 13.1 Å². The van der Waals surface area contributed by atoms with Crippen LogP contribution < -0.4 is 10.0 Å². The highest BCUT2D eigenvalue weighted by molar-refractivity contribution is 7.89. The van der Waals surface area contributed by atoms with E-state index in [1.165, 1.54) is 19.2 Å². The average Bonchev–Trinajstić information content (AvgIpc) is 2.45. The molecule has 7 heteroatoms. The Morgan fingerprint density at radius 1 is 1.24 bits per heavy atom. The molecule has 1 rings (SSSR count). The number of nitrogens with one attached hydrogen (secondary N) is 2. The summed E-state index contributed by atoms with van der Waals surface area (Å²) in [7, 11) is -2.52. The van der Waals surface area contributed by atoms with E-state index < -0.39 is 16.0 Å². The zero-order valence-corrected chi connectivity index (χ0v) is 13.4. The van der Waals surface area contributed by atoms with Crippen LogP contribution >= 0.6 is 0 Å². The number of sulfonamides is 1. The lowest BCUT2D eigenvalue weighted by atomic mass is 10.1. The van der Waals surface area contributed by atoms with Crippen molar-refractivity contribution in [2.75, 3.05) is 26.7 Å². The minimum atomic E-state index is -3.74. The van der Waals surface area contributed by atoms with Gasteiger partial charge >= 0.3 is 5.97 Å². The second kappa shape index (κ2) is 8.11. The van der Waals surface area contributed by atoms with Gasteiger partial charge in [-0.2, -0.15) is 0 Å². The fraction of sp³-hybridized carbons (Fsp3) is 0.500. The first-order valence-electron chi connectivity index (χ1n) is 6.81. The Hall–Kier alpha value is -1.44. The Balaban J connectivity index is 2.90. The first kappa shape index (κ1) is 17.6. The van der Waals surface area contributed by atoms with Crippen LogP contribution in [0.15, 0.2) is 23.1 Å². The highest BCUT2D eigenvalue weighted by Gasteiger charge is 2.22. The number of carbonyl (C=O) groups excluding carboxylic acids is 1. The Morgan fingerprint density at radius 3 is 2.57 bits per heavy atom. The maximum absolute atomic E-state index is 12.3. The third kappa shape index (κ3) is 5.11. The molecule has 0 heterocycles. The summed E-state index contributed by atoms with van der Waals surface area (Å²) in [6, 6.07) is 4.58. The van der Waals surface area contributed by atoms with Crippen LogP contribution in [-0.4, -0.2) is 41.1 Å². The number of methoxy groups -OCH3 is 1. The fourth-order valence-corrected chi connectivity index (χ4v) is 3.01. The molecule has 0 radical (unpaired) electrons. The Labute approximate surface area is 125 Å². The molecule has 21 heavy (non-hydrogen) atoms. The van der Waals surface area contributed by atoms with E-state index >= 15 is 0 Å². The lowest BCUT2D eigenvalue weighted by Crippen LogP contribution is -2.33. The molecule has 0 aromatic heterocycles. The van der Waals surface area contributed by atoms with Gasteiger partial charge in [0.2, 0.25) is 10.0 Å². The van der Waals surface area contributed by atoms with Crippen molar-refractivity contribution in [3.05, 3.63) is 29.3 Å². The molecule has 1 aromatic rings. The Kier molecular flexibility index (Phi) is 6.80. The molecule has 6 nitrogen and oxygen atoms in total. The summed E-state index contributed by atoms with van der Waals surface area (Å²) in [6.07, 6.45) is 0.983. The van der Waals surface area contributed by atoms with Gasteiger partial charge in [-0.25, -0.2) is 17.9 Å². The molecule has 0 atom stereocenters. The summed E-state index contributed by atoms with van der Waals surface area (Å²) in [6.45, 7) is 5.44. The number of hydrogen-bond acceptors (Lipinski definition) is 5. The quantitative estimate of drug-likeness (QED) is 0.554. The molecule has 0 amide bonds. The monoisotopic (exact) mass is 314 g/mol. The van der Waals surface area contributed by atoms with E-state index in [0.717, 1.165) is 18.5 Å². The van der Waals surface area contributed by atoms with E-state index in [0.29, 0.717) is 6.54 Å². The molecule has 0 saturated heterocycles. The third-order valence-electron chi connectivity index (χ3n) is 2.85. The Morgan fingerprint density at radius 2 is 1.95 bits per heavy atom. The van der Waals surface area contributed by atoms with Crippen molar-refractivity contribution in [3.63, 3.8) is 0 Å². The number of rotatable bonds is 8. The van der Waals surface area contributed by atoms with E-state index in [9.17, 15) is 13.2 Å². The minimum Gasteiger partial charge on any atom is -0.465 e. The van der Waals surface area contributed by atoms with E-state index in [2.05, 4.69) is 14.8 Å². The van der Waals surface area contributed by atoms with Crippen LogP contribution in [0.1, 0.15) is 29.3 Å². The van der Waals surface area contributed by atoms with Gasteiger partial charge in [-0.05, 0) is 32.0 Å². The predicted molar refractivity (Wildman–Crippen MR) is 80.9 cm³/mol. The molecular formula is C14H22N2O4S. The van der Waals surface area contributed by atoms with Crippen LogP contribution in [0.25, 0.3) is 0 Å². The number of aryl methyl sites for hydroxylation is 1. The van der Waals surface area contributed by atoms with Crippen LogP contribution in [0.4, 0.5) is 0 Å². The van der Waals surface area contributed by atoms with Gasteiger partial charge in [0.25, 0.3) is 0 Å². The van der Waals surface area contributed by atoms with Crippen molar-refractivity contribution < 1.29 is 17.9 Å². The lowest BCUT2D eigenvalue weighted by molar-refractivity contribution is 0.0596. The van der Waals surface area contributed by atoms with E-state index in [4.69, 9.17) is 0 Å². The molecule has 0 unspecified atom stereocenters. The third-order valence-corrected chi connectivity index (χ3v) is 4.37. The summed E-state index contributed by atoms with van der Waals surface area (Å²) in [5.74, 6) is -0.664. The van der Waals surface area contributed by atoms with Crippen molar-refractivity contribution in [1.29, 1.82) is 0 Å². The molecule has 0 fully saturated rings. The van der Waals surface area contributed by atoms with Gasteiger partial charge in [-0.15, -0.1) is 0 Å². The molecule has 0 aliphatic heterocycles. The van der Waals surface area contributed by atoms with Gasteiger partial charge in [0.1, 0.15) is 0 Å². The lowest BCUT2D eigenvalue weighted by Gasteiger charge is -2.11. The van der Waals surface area contributed by atoms with Crippen molar-refractivity contribution >= 4 is 16.0 Å². The number of hydrogen-bond donors (Lipinski definition) is 2. The average molecular weight is 314 g/mol. The fourth-order valence-electron chi connectivity index (χ4n) is 1.80. The van der Waals surface area contributed by atoms with Crippen LogP contribution in [0, 0.1) is 6.92 Å². The van der Waals surface area contributed by atoms with Crippen molar-refractivity contribution in [3.8, 4) is 0 Å². The number of benzene rings is 1. The standard InChI is InChI=1S/C14H22N2O4S/c1-4-7-15-8-9-16-21(18,19)13-6-5-11(2)10-12(13)14(17)20-3/h5-6,10,15-16H,4,7-9H2,1-3H3. The van der Waals surface area contributed by atoms with Gasteiger partial charge in [0.15, 0.2) is 0 Å². The highest BCUT2D eigenvalue weighted by atomic mass is 32.2. The molecule has 0 saturated carbocycles. The SMILES string of the molecule is CCCNCCNS(=O)(=O)c1ccc(C)cc1C(=O)OC. The van der Waals surface area contributed by atoms with Gasteiger partial charge in [0.05, 0.1) is 17.6 Å². The highest BCUT2D eigenvalue weighted by Crippen LogP contribution is 2.18. The first-order valence-corrected chi connectivity index (χ1v) is 8.30. The zero-order valence-electron chi connectivity index (χ0n) is 12.6. The summed E-state index contributed by atoms with van der Waals surface area (Å²) in [5.41, 5.74) is 0.838. The van der Waals surface area contributed by atoms with Gasteiger partial charge < -0.3 is 10.1 Å². The number of ether oxygens (including phenoxy) is 1. The molecule has 118 valence electrons. The number of carbonyl (C=O) groups is 1. The maximum atomic E-state index is 12.3. The Bertz CT molecular complexity index is 585. The van der Waals surface area contributed by atoms with Gasteiger partial charge in [-0.1, -0.05) is 18.6 Å². The molecular weight excluding hydrogens is 292 g/mol. The molecule has 1 aromatic carbocycles. The molecule has 2 N–H and O–H groups in total. The van der Waals surface area contributed by atoms with Crippen molar-refractivity contribution in [1.82, 2.24) is 10.0 Å². The van der Waals surface area contributed by atoms with Crippen LogP contribution in [0.2, 0.25) is 0 Å². The van der Waals surface area contributed by atoms with Crippen LogP contribution in [0.5, 0.6) is 0 Å². The number of esters is 1. The second-order valence-corrected chi connectivity index (χ2v) is 6.37. The van der Waals surface area contributed by atoms with Gasteiger partial charge in [-0.3, -0.25) is 0 Å². The van der Waals surface area contributed by atoms with E-state index in [1.807, 2.05) is 6.92 Å². The van der Waals surface area contributed by atoms with Crippen LogP contribution in [-0.2, 0) is 14.8 Å². The zero-order chi connectivity index (χ0) is 15.9. The predicted octanol–water partition coefficient (Wildman–Crippen LogP) is 1.06. The van der Waals surface area contributed by atoms with Crippen molar-refractivity contribution in [2.45, 2.75) is 25.2 Å². The maximum Gasteiger partial charge on any atom is 0.339 e.